The Labute approximate surface area is 146 Å². The van der Waals surface area contributed by atoms with Crippen molar-refractivity contribution in [2.24, 2.45) is 0 Å². The van der Waals surface area contributed by atoms with Gasteiger partial charge in [0, 0.05) is 45.0 Å². The summed E-state index contributed by atoms with van der Waals surface area (Å²) in [5.74, 6) is -0.0734. The zero-order valence-electron chi connectivity index (χ0n) is 14.0. The van der Waals surface area contributed by atoms with Crippen LogP contribution >= 0.6 is 0 Å². The smallest absolute Gasteiger partial charge is 0.248 e. The maximum atomic E-state index is 12.0. The number of nitrogens with one attached hydrogen (secondary N) is 1. The molecule has 1 unspecified atom stereocenters. The van der Waals surface area contributed by atoms with Gasteiger partial charge in [0.25, 0.3) is 0 Å². The van der Waals surface area contributed by atoms with E-state index in [4.69, 9.17) is 4.74 Å². The number of hydrogen-bond acceptors (Lipinski definition) is 4. The van der Waals surface area contributed by atoms with Crippen molar-refractivity contribution < 1.29 is 14.3 Å². The highest BCUT2D eigenvalue weighted by molar-refractivity contribution is 5.78. The van der Waals surface area contributed by atoms with Crippen molar-refractivity contribution in [3.63, 3.8) is 0 Å². The van der Waals surface area contributed by atoms with E-state index in [1.165, 1.54) is 0 Å². The summed E-state index contributed by atoms with van der Waals surface area (Å²) in [5.41, 5.74) is 1.08. The Hall–Kier alpha value is -2.67. The lowest BCUT2D eigenvalue weighted by Gasteiger charge is -2.33. The van der Waals surface area contributed by atoms with E-state index >= 15 is 0 Å². The minimum Gasteiger partial charge on any atom is -0.365 e. The van der Waals surface area contributed by atoms with Crippen molar-refractivity contribution in [2.45, 2.75) is 25.6 Å². The Morgan fingerprint density at radius 3 is 2.88 bits per heavy atom. The Bertz CT molecular complexity index is 688. The largest absolute Gasteiger partial charge is 0.365 e. The molecule has 0 spiro atoms. The molecule has 7 heteroatoms. The Morgan fingerprint density at radius 1 is 1.28 bits per heavy atom. The topological polar surface area (TPSA) is 76.5 Å². The van der Waals surface area contributed by atoms with Gasteiger partial charge in [0.2, 0.25) is 11.8 Å². The van der Waals surface area contributed by atoms with E-state index in [0.717, 1.165) is 5.56 Å². The van der Waals surface area contributed by atoms with E-state index in [9.17, 15) is 9.59 Å². The maximum Gasteiger partial charge on any atom is 0.248 e. The summed E-state index contributed by atoms with van der Waals surface area (Å²) in [6.07, 6.45) is 3.69. The first kappa shape index (κ1) is 17.2. The van der Waals surface area contributed by atoms with E-state index in [1.807, 2.05) is 42.6 Å². The van der Waals surface area contributed by atoms with Gasteiger partial charge in [0.05, 0.1) is 6.10 Å². The van der Waals surface area contributed by atoms with Gasteiger partial charge in [-0.2, -0.15) is 5.10 Å². The summed E-state index contributed by atoms with van der Waals surface area (Å²) in [5, 5.41) is 6.94. The molecule has 1 N–H and O–H groups in total. The first-order chi connectivity index (χ1) is 12.2. The zero-order valence-corrected chi connectivity index (χ0v) is 14.0. The Morgan fingerprint density at radius 2 is 2.12 bits per heavy atom. The molecule has 1 aromatic heterocycles. The third-order valence-corrected chi connectivity index (χ3v) is 4.09. The molecule has 2 amide bonds. The van der Waals surface area contributed by atoms with Crippen molar-refractivity contribution in [1.82, 2.24) is 20.0 Å². The first-order valence-electron chi connectivity index (χ1n) is 8.38. The highest BCUT2D eigenvalue weighted by atomic mass is 16.5. The van der Waals surface area contributed by atoms with Crippen LogP contribution in [0.4, 0.5) is 0 Å². The molecule has 25 heavy (non-hydrogen) atoms. The van der Waals surface area contributed by atoms with Crippen LogP contribution < -0.4 is 5.32 Å². The van der Waals surface area contributed by atoms with Gasteiger partial charge in [0.15, 0.2) is 0 Å². The lowest BCUT2D eigenvalue weighted by Crippen LogP contribution is -2.50. The van der Waals surface area contributed by atoms with Crippen molar-refractivity contribution in [3.8, 4) is 0 Å². The Balaban J connectivity index is 1.43. The van der Waals surface area contributed by atoms with Crippen LogP contribution in [0.2, 0.25) is 0 Å². The van der Waals surface area contributed by atoms with Gasteiger partial charge < -0.3 is 15.0 Å². The summed E-state index contributed by atoms with van der Waals surface area (Å²) in [6.45, 7) is 2.04. The normalized spacial score (nSPS) is 17.5. The van der Waals surface area contributed by atoms with E-state index in [-0.39, 0.29) is 24.5 Å². The van der Waals surface area contributed by atoms with Gasteiger partial charge in [-0.3, -0.25) is 14.3 Å². The molecule has 0 aliphatic carbocycles. The minimum absolute atomic E-state index is 0.0230. The molecule has 132 valence electrons. The van der Waals surface area contributed by atoms with Crippen LogP contribution in [0, 0.1) is 0 Å². The van der Waals surface area contributed by atoms with Crippen molar-refractivity contribution in [2.75, 3.05) is 19.7 Å². The van der Waals surface area contributed by atoms with Crippen LogP contribution in [-0.2, 0) is 27.4 Å². The van der Waals surface area contributed by atoms with Crippen LogP contribution in [-0.4, -0.2) is 52.3 Å². The summed E-state index contributed by atoms with van der Waals surface area (Å²) >= 11 is 0. The first-order valence-corrected chi connectivity index (χ1v) is 8.38. The zero-order chi connectivity index (χ0) is 17.5. The summed E-state index contributed by atoms with van der Waals surface area (Å²) in [7, 11) is 0. The highest BCUT2D eigenvalue weighted by Gasteiger charge is 2.26. The maximum absolute atomic E-state index is 12.0. The molecule has 0 saturated carbocycles. The van der Waals surface area contributed by atoms with Crippen molar-refractivity contribution in [1.29, 1.82) is 0 Å². The van der Waals surface area contributed by atoms with E-state index < -0.39 is 0 Å². The molecule has 1 aliphatic heterocycles. The van der Waals surface area contributed by atoms with Gasteiger partial charge in [0.1, 0.15) is 6.61 Å². The number of nitrogens with zero attached hydrogens (tertiary/aromatic N) is 3. The average Bonchev–Trinajstić information content (AvgIpc) is 3.15. The Kier molecular flexibility index (Phi) is 5.79. The average molecular weight is 342 g/mol. The lowest BCUT2D eigenvalue weighted by atomic mass is 10.2. The number of aromatic nitrogens is 2. The van der Waals surface area contributed by atoms with Crippen LogP contribution in [0.5, 0.6) is 0 Å². The standard InChI is InChI=1S/C18H22N4O3/c23-17(7-10-22-9-4-8-20-22)19-11-16-13-21(18(24)14-25-16)12-15-5-2-1-3-6-15/h1-6,8-9,16H,7,10-14H2,(H,19,23). The summed E-state index contributed by atoms with van der Waals surface area (Å²) in [6, 6.07) is 11.7. The summed E-state index contributed by atoms with van der Waals surface area (Å²) in [4.78, 5) is 25.7. The number of carbonyl (C=O) groups excluding carboxylic acids is 2. The molecule has 1 fully saturated rings. The lowest BCUT2D eigenvalue weighted by molar-refractivity contribution is -0.149. The molecule has 0 radical (unpaired) electrons. The number of aryl methyl sites for hydroxylation is 1. The second kappa shape index (κ2) is 8.43. The van der Waals surface area contributed by atoms with E-state index in [1.54, 1.807) is 15.8 Å². The quantitative estimate of drug-likeness (QED) is 0.808. The molecule has 1 atom stereocenters. The SMILES string of the molecule is O=C(CCn1cccn1)NCC1CN(Cc2ccccc2)C(=O)CO1. The number of rotatable bonds is 7. The van der Waals surface area contributed by atoms with Gasteiger partial charge in [-0.25, -0.2) is 0 Å². The van der Waals surface area contributed by atoms with E-state index in [2.05, 4.69) is 10.4 Å². The fourth-order valence-electron chi connectivity index (χ4n) is 2.73. The summed E-state index contributed by atoms with van der Waals surface area (Å²) < 4.78 is 7.25. The van der Waals surface area contributed by atoms with Crippen LogP contribution in [0.15, 0.2) is 48.8 Å². The number of hydrogen-bond donors (Lipinski definition) is 1. The van der Waals surface area contributed by atoms with Crippen molar-refractivity contribution in [3.05, 3.63) is 54.4 Å². The molecular weight excluding hydrogens is 320 g/mol. The highest BCUT2D eigenvalue weighted by Crippen LogP contribution is 2.11. The molecule has 1 aliphatic rings. The predicted molar refractivity (Wildman–Crippen MR) is 91.5 cm³/mol. The van der Waals surface area contributed by atoms with E-state index in [0.29, 0.717) is 32.6 Å². The molecule has 7 nitrogen and oxygen atoms in total. The molecule has 1 saturated heterocycles. The second-order valence-electron chi connectivity index (χ2n) is 6.02. The van der Waals surface area contributed by atoms with Gasteiger partial charge in [-0.05, 0) is 11.6 Å². The third kappa shape index (κ3) is 5.15. The van der Waals surface area contributed by atoms with Crippen LogP contribution in [0.1, 0.15) is 12.0 Å². The monoisotopic (exact) mass is 342 g/mol. The fraction of sp³-hybridized carbons (Fsp3) is 0.389. The second-order valence-corrected chi connectivity index (χ2v) is 6.02. The number of amides is 2. The molecule has 0 bridgehead atoms. The van der Waals surface area contributed by atoms with Gasteiger partial charge in [-0.15, -0.1) is 0 Å². The van der Waals surface area contributed by atoms with Gasteiger partial charge in [-0.1, -0.05) is 30.3 Å². The molecule has 3 rings (SSSR count). The number of ether oxygens (including phenoxy) is 1. The number of benzene rings is 1. The number of carbonyl (C=O) groups is 2. The third-order valence-electron chi connectivity index (χ3n) is 4.09. The molecule has 2 aromatic rings. The fourth-order valence-corrected chi connectivity index (χ4v) is 2.73. The predicted octanol–water partition coefficient (Wildman–Crippen LogP) is 0.817. The van der Waals surface area contributed by atoms with Crippen LogP contribution in [0.3, 0.4) is 0 Å². The molecular formula is C18H22N4O3. The van der Waals surface area contributed by atoms with Gasteiger partial charge >= 0.3 is 0 Å². The van der Waals surface area contributed by atoms with Crippen LogP contribution in [0.25, 0.3) is 0 Å². The molecule has 2 heterocycles. The van der Waals surface area contributed by atoms with Crippen molar-refractivity contribution >= 4 is 11.8 Å². The number of morpholine rings is 1. The minimum atomic E-state index is -0.185. The molecule has 1 aromatic carbocycles.